The van der Waals surface area contributed by atoms with E-state index in [2.05, 4.69) is 36.6 Å². The van der Waals surface area contributed by atoms with Crippen molar-refractivity contribution in [3.05, 3.63) is 59.4 Å². The predicted octanol–water partition coefficient (Wildman–Crippen LogP) is 3.83. The number of anilines is 1. The smallest absolute Gasteiger partial charge is 0.290 e. The highest BCUT2D eigenvalue weighted by Crippen LogP contribution is 2.18. The van der Waals surface area contributed by atoms with Crippen LogP contribution in [-0.4, -0.2) is 5.91 Å². The first-order chi connectivity index (χ1) is 11.7. The van der Waals surface area contributed by atoms with Crippen LogP contribution in [0.15, 0.2) is 42.7 Å². The van der Waals surface area contributed by atoms with E-state index in [4.69, 9.17) is 0 Å². The molecule has 3 heteroatoms. The van der Waals surface area contributed by atoms with Gasteiger partial charge in [-0.3, -0.25) is 4.79 Å². The third-order valence-electron chi connectivity index (χ3n) is 4.73. The van der Waals surface area contributed by atoms with Crippen LogP contribution in [0.25, 0.3) is 0 Å². The van der Waals surface area contributed by atoms with Crippen LogP contribution in [0.3, 0.4) is 0 Å². The van der Waals surface area contributed by atoms with Gasteiger partial charge < -0.3 is 5.32 Å². The lowest BCUT2D eigenvalue weighted by molar-refractivity contribution is -0.684. The molecule has 1 aromatic heterocycles. The molecule has 0 spiro atoms. The summed E-state index contributed by atoms with van der Waals surface area (Å²) in [5.74, 6) is 0.0251. The Bertz CT molecular complexity index is 691. The Morgan fingerprint density at radius 1 is 1.08 bits per heavy atom. The molecule has 1 N–H and O–H groups in total. The molecule has 24 heavy (non-hydrogen) atoms. The van der Waals surface area contributed by atoms with Crippen molar-refractivity contribution in [2.45, 2.75) is 58.4 Å². The lowest BCUT2D eigenvalue weighted by atomic mass is 9.93. The van der Waals surface area contributed by atoms with Gasteiger partial charge in [0.15, 0.2) is 12.4 Å². The van der Waals surface area contributed by atoms with E-state index < -0.39 is 0 Å². The number of amides is 1. The maximum Gasteiger partial charge on any atom is 0.290 e. The molecule has 1 aliphatic carbocycles. The van der Waals surface area contributed by atoms with E-state index in [1.54, 1.807) is 0 Å². The second kappa shape index (κ2) is 8.09. The molecule has 1 amide bonds. The summed E-state index contributed by atoms with van der Waals surface area (Å²) in [6.45, 7) is 2.57. The average molecular weight is 323 g/mol. The minimum Gasteiger partial charge on any atom is -0.321 e. The number of carbonyl (C=O) groups is 1. The molecule has 3 rings (SSSR count). The van der Waals surface area contributed by atoms with E-state index in [1.165, 1.54) is 48.8 Å². The van der Waals surface area contributed by atoms with Crippen LogP contribution in [0.5, 0.6) is 0 Å². The van der Waals surface area contributed by atoms with Crippen molar-refractivity contribution in [2.24, 2.45) is 0 Å². The standard InChI is InChI=1S/C21H26N2O/c1-2-3-6-17-9-11-20(12-10-17)22-21(24)16-23-14-13-18-7-4-5-8-19(18)15-23/h9-15H,2-8,16H2,1H3/p+1. The number of nitrogens with zero attached hydrogens (tertiary/aromatic N) is 1. The second-order valence-corrected chi connectivity index (χ2v) is 6.72. The summed E-state index contributed by atoms with van der Waals surface area (Å²) in [7, 11) is 0. The summed E-state index contributed by atoms with van der Waals surface area (Å²) in [5, 5.41) is 2.99. The van der Waals surface area contributed by atoms with Gasteiger partial charge in [0.1, 0.15) is 0 Å². The number of hydrogen-bond acceptors (Lipinski definition) is 1. The van der Waals surface area contributed by atoms with Crippen molar-refractivity contribution in [3.8, 4) is 0 Å². The molecule has 1 aromatic carbocycles. The number of benzene rings is 1. The molecule has 1 heterocycles. The number of aromatic nitrogens is 1. The van der Waals surface area contributed by atoms with Crippen molar-refractivity contribution < 1.29 is 9.36 Å². The van der Waals surface area contributed by atoms with Gasteiger partial charge in [-0.2, -0.15) is 4.57 Å². The summed E-state index contributed by atoms with van der Waals surface area (Å²) in [4.78, 5) is 12.3. The lowest BCUT2D eigenvalue weighted by Gasteiger charge is -2.13. The number of aryl methyl sites for hydroxylation is 3. The zero-order valence-corrected chi connectivity index (χ0v) is 14.6. The van der Waals surface area contributed by atoms with Gasteiger partial charge in [-0.15, -0.1) is 0 Å². The number of hydrogen-bond donors (Lipinski definition) is 1. The van der Waals surface area contributed by atoms with E-state index in [1.807, 2.05) is 22.9 Å². The van der Waals surface area contributed by atoms with Crippen molar-refractivity contribution in [1.29, 1.82) is 0 Å². The fourth-order valence-electron chi connectivity index (χ4n) is 3.32. The Labute approximate surface area is 144 Å². The van der Waals surface area contributed by atoms with Gasteiger partial charge in [0.25, 0.3) is 5.91 Å². The molecule has 2 aromatic rings. The molecule has 0 fully saturated rings. The molecule has 0 radical (unpaired) electrons. The van der Waals surface area contributed by atoms with Crippen LogP contribution in [0.2, 0.25) is 0 Å². The van der Waals surface area contributed by atoms with E-state index in [-0.39, 0.29) is 5.91 Å². The molecule has 126 valence electrons. The summed E-state index contributed by atoms with van der Waals surface area (Å²) in [5.41, 5.74) is 5.05. The molecular weight excluding hydrogens is 296 g/mol. The minimum absolute atomic E-state index is 0.0251. The number of unbranched alkanes of at least 4 members (excludes halogenated alkanes) is 1. The molecule has 0 atom stereocenters. The van der Waals surface area contributed by atoms with Crippen molar-refractivity contribution in [3.63, 3.8) is 0 Å². The van der Waals surface area contributed by atoms with Gasteiger partial charge >= 0.3 is 0 Å². The highest BCUT2D eigenvalue weighted by Gasteiger charge is 2.15. The quantitative estimate of drug-likeness (QED) is 0.805. The van der Waals surface area contributed by atoms with Crippen molar-refractivity contribution in [2.75, 3.05) is 5.32 Å². The zero-order valence-electron chi connectivity index (χ0n) is 14.6. The van der Waals surface area contributed by atoms with E-state index in [0.29, 0.717) is 6.54 Å². The largest absolute Gasteiger partial charge is 0.321 e. The van der Waals surface area contributed by atoms with E-state index >= 15 is 0 Å². The monoisotopic (exact) mass is 323 g/mol. The van der Waals surface area contributed by atoms with Crippen LogP contribution in [-0.2, 0) is 30.6 Å². The van der Waals surface area contributed by atoms with Crippen LogP contribution < -0.4 is 9.88 Å². The molecule has 0 unspecified atom stereocenters. The molecule has 0 saturated carbocycles. The number of carbonyl (C=O) groups excluding carboxylic acids is 1. The fraction of sp³-hybridized carbons (Fsp3) is 0.429. The maximum absolute atomic E-state index is 12.3. The summed E-state index contributed by atoms with van der Waals surface area (Å²) in [6, 6.07) is 10.4. The van der Waals surface area contributed by atoms with Gasteiger partial charge in [-0.1, -0.05) is 25.5 Å². The number of rotatable bonds is 6. The first kappa shape index (κ1) is 16.7. The third kappa shape index (κ3) is 4.44. The van der Waals surface area contributed by atoms with E-state index in [9.17, 15) is 4.79 Å². The van der Waals surface area contributed by atoms with Gasteiger partial charge in [0.05, 0.1) is 0 Å². The van der Waals surface area contributed by atoms with Crippen LogP contribution in [0, 0.1) is 0 Å². The Morgan fingerprint density at radius 2 is 1.83 bits per heavy atom. The second-order valence-electron chi connectivity index (χ2n) is 6.72. The highest BCUT2D eigenvalue weighted by atomic mass is 16.1. The Hall–Kier alpha value is -2.16. The van der Waals surface area contributed by atoms with Gasteiger partial charge in [-0.05, 0) is 61.8 Å². The van der Waals surface area contributed by atoms with Gasteiger partial charge in [0.2, 0.25) is 6.54 Å². The van der Waals surface area contributed by atoms with Crippen molar-refractivity contribution in [1.82, 2.24) is 0 Å². The van der Waals surface area contributed by atoms with Crippen molar-refractivity contribution >= 4 is 11.6 Å². The number of fused-ring (bicyclic) bond motifs is 1. The summed E-state index contributed by atoms with van der Waals surface area (Å²) < 4.78 is 2.00. The van der Waals surface area contributed by atoms with Gasteiger partial charge in [0, 0.05) is 17.3 Å². The van der Waals surface area contributed by atoms with Crippen LogP contribution in [0.4, 0.5) is 5.69 Å². The average Bonchev–Trinajstić information content (AvgIpc) is 2.61. The number of nitrogens with one attached hydrogen (secondary N) is 1. The molecule has 0 aliphatic heterocycles. The van der Waals surface area contributed by atoms with Crippen LogP contribution >= 0.6 is 0 Å². The third-order valence-corrected chi connectivity index (χ3v) is 4.73. The van der Waals surface area contributed by atoms with Gasteiger partial charge in [-0.25, -0.2) is 0 Å². The minimum atomic E-state index is 0.0251. The van der Waals surface area contributed by atoms with E-state index in [0.717, 1.165) is 18.5 Å². The highest BCUT2D eigenvalue weighted by molar-refractivity contribution is 5.89. The fourth-order valence-corrected chi connectivity index (χ4v) is 3.32. The van der Waals surface area contributed by atoms with Crippen LogP contribution in [0.1, 0.15) is 49.3 Å². The normalized spacial score (nSPS) is 13.4. The maximum atomic E-state index is 12.3. The Kier molecular flexibility index (Phi) is 5.63. The predicted molar refractivity (Wildman–Crippen MR) is 97.0 cm³/mol. The first-order valence-electron chi connectivity index (χ1n) is 9.14. The molecular formula is C21H27N2O+. The zero-order chi connectivity index (χ0) is 16.8. The SMILES string of the molecule is CCCCc1ccc(NC(=O)C[n+]2ccc3c(c2)CCCC3)cc1. The molecule has 3 nitrogen and oxygen atoms in total. The molecule has 0 bridgehead atoms. The first-order valence-corrected chi connectivity index (χ1v) is 9.14. The summed E-state index contributed by atoms with van der Waals surface area (Å²) in [6.07, 6.45) is 12.5. The lowest BCUT2D eigenvalue weighted by Crippen LogP contribution is -2.40. The number of pyridine rings is 1. The Morgan fingerprint density at radius 3 is 2.58 bits per heavy atom. The summed E-state index contributed by atoms with van der Waals surface area (Å²) >= 11 is 0. The Balaban J connectivity index is 1.57. The molecule has 0 saturated heterocycles. The molecule has 1 aliphatic rings. The topological polar surface area (TPSA) is 33.0 Å².